The Morgan fingerprint density at radius 2 is 1.95 bits per heavy atom. The van der Waals surface area contributed by atoms with E-state index in [-0.39, 0.29) is 0 Å². The van der Waals surface area contributed by atoms with Crippen molar-refractivity contribution in [2.75, 3.05) is 7.05 Å². The zero-order chi connectivity index (χ0) is 13.7. The molecule has 0 amide bonds. The van der Waals surface area contributed by atoms with Crippen LogP contribution in [-0.2, 0) is 13.2 Å². The Morgan fingerprint density at radius 1 is 1.21 bits per heavy atom. The van der Waals surface area contributed by atoms with Crippen molar-refractivity contribution in [2.45, 2.75) is 32.9 Å². The van der Waals surface area contributed by atoms with Crippen LogP contribution in [0.3, 0.4) is 0 Å². The van der Waals surface area contributed by atoms with E-state index in [1.807, 2.05) is 25.2 Å². The van der Waals surface area contributed by atoms with Crippen LogP contribution in [0.4, 0.5) is 0 Å². The molecule has 0 aliphatic rings. The second-order valence-corrected chi connectivity index (χ2v) is 4.96. The molecule has 0 atom stereocenters. The Bertz CT molecular complexity index is 500. The number of benzene rings is 1. The summed E-state index contributed by atoms with van der Waals surface area (Å²) in [6.45, 7) is 5.64. The first-order valence-corrected chi connectivity index (χ1v) is 6.62. The van der Waals surface area contributed by atoms with Crippen molar-refractivity contribution < 1.29 is 9.15 Å². The maximum Gasteiger partial charge on any atom is 0.146 e. The topological polar surface area (TPSA) is 34.4 Å². The number of hydrogen-bond donors (Lipinski definition) is 1. The van der Waals surface area contributed by atoms with Crippen LogP contribution in [0.2, 0.25) is 0 Å². The Labute approximate surface area is 114 Å². The zero-order valence-electron chi connectivity index (χ0n) is 11.8. The summed E-state index contributed by atoms with van der Waals surface area (Å²) in [6.07, 6.45) is 1.76. The fraction of sp³-hybridized carbons (Fsp3) is 0.375. The standard InChI is InChI=1S/C16H21NO2/c1-12(2)14-4-6-15(7-5-14)19-11-16-8-13(9-17-3)10-18-16/h4-8,10,12,17H,9,11H2,1-3H3. The predicted octanol–water partition coefficient (Wildman–Crippen LogP) is 3.70. The van der Waals surface area contributed by atoms with E-state index in [4.69, 9.17) is 9.15 Å². The van der Waals surface area contributed by atoms with E-state index in [0.29, 0.717) is 12.5 Å². The summed E-state index contributed by atoms with van der Waals surface area (Å²) in [6, 6.07) is 10.2. The lowest BCUT2D eigenvalue weighted by molar-refractivity contribution is 0.270. The molecule has 0 aliphatic carbocycles. The average Bonchev–Trinajstić information content (AvgIpc) is 2.85. The van der Waals surface area contributed by atoms with Gasteiger partial charge in [-0.15, -0.1) is 0 Å². The van der Waals surface area contributed by atoms with Crippen molar-refractivity contribution in [2.24, 2.45) is 0 Å². The van der Waals surface area contributed by atoms with Crippen LogP contribution in [0.25, 0.3) is 0 Å². The van der Waals surface area contributed by atoms with Crippen LogP contribution in [0.15, 0.2) is 41.0 Å². The molecule has 102 valence electrons. The summed E-state index contributed by atoms with van der Waals surface area (Å²) < 4.78 is 11.1. The monoisotopic (exact) mass is 259 g/mol. The van der Waals surface area contributed by atoms with Crippen LogP contribution in [0.5, 0.6) is 5.75 Å². The molecule has 0 saturated carbocycles. The molecular weight excluding hydrogens is 238 g/mol. The zero-order valence-corrected chi connectivity index (χ0v) is 11.8. The van der Waals surface area contributed by atoms with E-state index >= 15 is 0 Å². The molecule has 1 heterocycles. The van der Waals surface area contributed by atoms with Gasteiger partial charge in [-0.25, -0.2) is 0 Å². The van der Waals surface area contributed by atoms with Gasteiger partial charge in [0.05, 0.1) is 6.26 Å². The van der Waals surface area contributed by atoms with Gasteiger partial charge in [-0.1, -0.05) is 26.0 Å². The van der Waals surface area contributed by atoms with Gasteiger partial charge in [0.2, 0.25) is 0 Å². The number of nitrogens with one attached hydrogen (secondary N) is 1. The van der Waals surface area contributed by atoms with Gasteiger partial charge in [-0.2, -0.15) is 0 Å². The first kappa shape index (κ1) is 13.7. The van der Waals surface area contributed by atoms with Gasteiger partial charge in [0.25, 0.3) is 0 Å². The molecule has 0 bridgehead atoms. The first-order chi connectivity index (χ1) is 9.19. The molecule has 2 aromatic rings. The Morgan fingerprint density at radius 3 is 2.58 bits per heavy atom. The quantitative estimate of drug-likeness (QED) is 0.859. The van der Waals surface area contributed by atoms with Crippen LogP contribution >= 0.6 is 0 Å². The third-order valence-electron chi connectivity index (χ3n) is 3.02. The summed E-state index contributed by atoms with van der Waals surface area (Å²) in [7, 11) is 1.92. The highest BCUT2D eigenvalue weighted by molar-refractivity contribution is 5.29. The van der Waals surface area contributed by atoms with E-state index in [1.165, 1.54) is 5.56 Å². The van der Waals surface area contributed by atoms with Crippen LogP contribution in [0.1, 0.15) is 36.7 Å². The maximum absolute atomic E-state index is 5.70. The Kier molecular flexibility index (Phi) is 4.63. The van der Waals surface area contributed by atoms with Crippen molar-refractivity contribution in [1.29, 1.82) is 0 Å². The highest BCUT2D eigenvalue weighted by Crippen LogP contribution is 2.19. The molecule has 1 aromatic carbocycles. The third kappa shape index (κ3) is 3.86. The molecule has 0 fully saturated rings. The van der Waals surface area contributed by atoms with E-state index in [9.17, 15) is 0 Å². The highest BCUT2D eigenvalue weighted by Gasteiger charge is 2.03. The van der Waals surface area contributed by atoms with Crippen LogP contribution in [-0.4, -0.2) is 7.05 Å². The molecule has 0 radical (unpaired) electrons. The molecule has 3 heteroatoms. The van der Waals surface area contributed by atoms with Gasteiger partial charge >= 0.3 is 0 Å². The number of rotatable bonds is 6. The fourth-order valence-corrected chi connectivity index (χ4v) is 1.90. The normalized spacial score (nSPS) is 10.9. The summed E-state index contributed by atoms with van der Waals surface area (Å²) >= 11 is 0. The maximum atomic E-state index is 5.70. The lowest BCUT2D eigenvalue weighted by Gasteiger charge is -2.07. The number of ether oxygens (including phenoxy) is 1. The third-order valence-corrected chi connectivity index (χ3v) is 3.02. The molecule has 0 spiro atoms. The summed E-state index contributed by atoms with van der Waals surface area (Å²) in [4.78, 5) is 0. The number of hydrogen-bond acceptors (Lipinski definition) is 3. The van der Waals surface area contributed by atoms with Crippen LogP contribution in [0, 0.1) is 0 Å². The van der Waals surface area contributed by atoms with E-state index in [2.05, 4.69) is 31.3 Å². The molecule has 2 rings (SSSR count). The molecule has 1 N–H and O–H groups in total. The molecule has 1 aromatic heterocycles. The van der Waals surface area contributed by atoms with Gasteiger partial charge in [-0.3, -0.25) is 0 Å². The van der Waals surface area contributed by atoms with Crippen molar-refractivity contribution in [1.82, 2.24) is 5.32 Å². The SMILES string of the molecule is CNCc1coc(COc2ccc(C(C)C)cc2)c1. The highest BCUT2D eigenvalue weighted by atomic mass is 16.5. The van der Waals surface area contributed by atoms with Crippen LogP contribution < -0.4 is 10.1 Å². The molecule has 0 unspecified atom stereocenters. The fourth-order valence-electron chi connectivity index (χ4n) is 1.90. The minimum absolute atomic E-state index is 0.463. The van der Waals surface area contributed by atoms with Gasteiger partial charge in [0, 0.05) is 12.1 Å². The second-order valence-electron chi connectivity index (χ2n) is 4.96. The summed E-state index contributed by atoms with van der Waals surface area (Å²) in [5.41, 5.74) is 2.46. The van der Waals surface area contributed by atoms with Gasteiger partial charge < -0.3 is 14.5 Å². The van der Waals surface area contributed by atoms with Crippen molar-refractivity contribution in [3.05, 3.63) is 53.5 Å². The van der Waals surface area contributed by atoms with E-state index < -0.39 is 0 Å². The minimum atomic E-state index is 0.463. The van der Waals surface area contributed by atoms with Gasteiger partial charge in [0.15, 0.2) is 0 Å². The molecule has 3 nitrogen and oxygen atoms in total. The van der Waals surface area contributed by atoms with Crippen molar-refractivity contribution >= 4 is 0 Å². The summed E-state index contributed by atoms with van der Waals surface area (Å²) in [5, 5.41) is 3.09. The van der Waals surface area contributed by atoms with Crippen molar-refractivity contribution in [3.63, 3.8) is 0 Å². The van der Waals surface area contributed by atoms with Crippen molar-refractivity contribution in [3.8, 4) is 5.75 Å². The molecule has 0 saturated heterocycles. The lowest BCUT2D eigenvalue weighted by atomic mass is 10.0. The lowest BCUT2D eigenvalue weighted by Crippen LogP contribution is -2.03. The van der Waals surface area contributed by atoms with Gasteiger partial charge in [-0.05, 0) is 36.7 Å². The Hall–Kier alpha value is -1.74. The average molecular weight is 259 g/mol. The largest absolute Gasteiger partial charge is 0.486 e. The molecule has 0 aliphatic heterocycles. The Balaban J connectivity index is 1.90. The second kappa shape index (κ2) is 6.43. The molecule has 19 heavy (non-hydrogen) atoms. The summed E-state index contributed by atoms with van der Waals surface area (Å²) in [5.74, 6) is 2.26. The first-order valence-electron chi connectivity index (χ1n) is 6.62. The van der Waals surface area contributed by atoms with E-state index in [0.717, 1.165) is 23.6 Å². The minimum Gasteiger partial charge on any atom is -0.486 e. The van der Waals surface area contributed by atoms with Gasteiger partial charge in [0.1, 0.15) is 18.1 Å². The predicted molar refractivity (Wildman–Crippen MR) is 76.3 cm³/mol. The van der Waals surface area contributed by atoms with E-state index in [1.54, 1.807) is 6.26 Å². The smallest absolute Gasteiger partial charge is 0.146 e. The number of furan rings is 1. The molecular formula is C16H21NO2.